The van der Waals surface area contributed by atoms with Crippen LogP contribution in [0.25, 0.3) is 10.9 Å². The lowest BCUT2D eigenvalue weighted by Crippen LogP contribution is -2.14. The molecule has 1 N–H and O–H groups in total. The lowest BCUT2D eigenvalue weighted by molar-refractivity contribution is 0.598. The number of aromatic nitrogens is 2. The summed E-state index contributed by atoms with van der Waals surface area (Å²) in [6.07, 6.45) is 4.49. The highest BCUT2D eigenvalue weighted by Crippen LogP contribution is 2.18. The van der Waals surface area contributed by atoms with E-state index in [1.54, 1.807) is 0 Å². The molecular formula is C15H23N3S. The van der Waals surface area contributed by atoms with Crippen molar-refractivity contribution in [3.05, 3.63) is 30.0 Å². The summed E-state index contributed by atoms with van der Waals surface area (Å²) in [4.78, 5) is 0. The second kappa shape index (κ2) is 7.56. The molecule has 4 heteroatoms. The Morgan fingerprint density at radius 1 is 1.32 bits per heavy atom. The minimum absolute atomic E-state index is 0.865. The Hall–Kier alpha value is -1.00. The Bertz CT molecular complexity index is 463. The smallest absolute Gasteiger partial charge is 0.0841 e. The number of hydrogen-bond acceptors (Lipinski definition) is 3. The van der Waals surface area contributed by atoms with Crippen LogP contribution in [0.15, 0.2) is 24.3 Å². The van der Waals surface area contributed by atoms with Crippen LogP contribution < -0.4 is 5.32 Å². The van der Waals surface area contributed by atoms with E-state index in [1.165, 1.54) is 28.8 Å². The normalized spacial score (nSPS) is 11.3. The van der Waals surface area contributed by atoms with Crippen LogP contribution in [-0.2, 0) is 13.1 Å². The van der Waals surface area contributed by atoms with E-state index in [2.05, 4.69) is 47.4 Å². The van der Waals surface area contributed by atoms with E-state index in [0.29, 0.717) is 0 Å². The van der Waals surface area contributed by atoms with Gasteiger partial charge in [0.2, 0.25) is 0 Å². The Labute approximate surface area is 119 Å². The van der Waals surface area contributed by atoms with Gasteiger partial charge in [0.05, 0.1) is 11.2 Å². The molecule has 1 aromatic heterocycles. The number of rotatable bonds is 8. The number of para-hydroxylation sites is 1. The van der Waals surface area contributed by atoms with Crippen molar-refractivity contribution >= 4 is 22.7 Å². The molecule has 0 atom stereocenters. The second-order valence-corrected chi connectivity index (χ2v) is 5.70. The number of thioether (sulfide) groups is 1. The maximum absolute atomic E-state index is 4.78. The summed E-state index contributed by atoms with van der Waals surface area (Å²) in [7, 11) is 0. The summed E-state index contributed by atoms with van der Waals surface area (Å²) < 4.78 is 2.16. The van der Waals surface area contributed by atoms with Crippen LogP contribution in [0, 0.1) is 0 Å². The van der Waals surface area contributed by atoms with E-state index in [9.17, 15) is 0 Å². The van der Waals surface area contributed by atoms with Crippen molar-refractivity contribution in [1.82, 2.24) is 15.1 Å². The van der Waals surface area contributed by atoms with Gasteiger partial charge >= 0.3 is 0 Å². The molecule has 1 aromatic carbocycles. The molecule has 1 heterocycles. The highest BCUT2D eigenvalue weighted by Gasteiger charge is 2.08. The van der Waals surface area contributed by atoms with Gasteiger partial charge in [0.1, 0.15) is 0 Å². The topological polar surface area (TPSA) is 29.9 Å². The summed E-state index contributed by atoms with van der Waals surface area (Å²) >= 11 is 1.90. The molecule has 2 rings (SSSR count). The highest BCUT2D eigenvalue weighted by molar-refractivity contribution is 7.98. The molecule has 104 valence electrons. The standard InChI is InChI=1S/C15H23N3S/c1-3-9-16-12-14-13-7-4-5-8-15(13)18(17-14)10-6-11-19-2/h4-5,7-8,16H,3,6,9-12H2,1-2H3. The number of benzene rings is 1. The summed E-state index contributed by atoms with van der Waals surface area (Å²) in [5.74, 6) is 1.19. The fourth-order valence-electron chi connectivity index (χ4n) is 2.24. The third-order valence-corrected chi connectivity index (χ3v) is 3.87. The fourth-order valence-corrected chi connectivity index (χ4v) is 2.66. The molecule has 0 spiro atoms. The minimum Gasteiger partial charge on any atom is -0.311 e. The second-order valence-electron chi connectivity index (χ2n) is 4.71. The Morgan fingerprint density at radius 2 is 2.16 bits per heavy atom. The van der Waals surface area contributed by atoms with Gasteiger partial charge in [-0.1, -0.05) is 25.1 Å². The van der Waals surface area contributed by atoms with Crippen LogP contribution in [0.1, 0.15) is 25.5 Å². The Balaban J connectivity index is 2.16. The number of fused-ring (bicyclic) bond motifs is 1. The molecule has 3 nitrogen and oxygen atoms in total. The van der Waals surface area contributed by atoms with E-state index in [-0.39, 0.29) is 0 Å². The third-order valence-electron chi connectivity index (χ3n) is 3.17. The van der Waals surface area contributed by atoms with E-state index in [4.69, 9.17) is 5.10 Å². The first-order chi connectivity index (χ1) is 9.36. The maximum Gasteiger partial charge on any atom is 0.0841 e. The number of nitrogens with one attached hydrogen (secondary N) is 1. The molecule has 2 aromatic rings. The molecule has 0 radical (unpaired) electrons. The SMILES string of the molecule is CCCNCc1nn(CCCSC)c2ccccc12. The molecule has 0 fully saturated rings. The average Bonchev–Trinajstić information content (AvgIpc) is 2.79. The predicted octanol–water partition coefficient (Wildman–Crippen LogP) is 3.29. The van der Waals surface area contributed by atoms with Crippen molar-refractivity contribution in [2.75, 3.05) is 18.6 Å². The van der Waals surface area contributed by atoms with Crippen molar-refractivity contribution in [3.63, 3.8) is 0 Å². The van der Waals surface area contributed by atoms with Crippen molar-refractivity contribution < 1.29 is 0 Å². The number of nitrogens with zero attached hydrogens (tertiary/aromatic N) is 2. The van der Waals surface area contributed by atoms with Gasteiger partial charge in [0, 0.05) is 18.5 Å². The molecule has 0 saturated carbocycles. The highest BCUT2D eigenvalue weighted by atomic mass is 32.2. The first-order valence-electron chi connectivity index (χ1n) is 7.01. The minimum atomic E-state index is 0.865. The molecule has 0 aliphatic carbocycles. The van der Waals surface area contributed by atoms with Crippen LogP contribution in [0.4, 0.5) is 0 Å². The Kier molecular flexibility index (Phi) is 5.73. The summed E-state index contributed by atoms with van der Waals surface area (Å²) in [5.41, 5.74) is 2.44. The van der Waals surface area contributed by atoms with Gasteiger partial charge < -0.3 is 5.32 Å². The van der Waals surface area contributed by atoms with E-state index >= 15 is 0 Å². The van der Waals surface area contributed by atoms with Crippen molar-refractivity contribution in [2.24, 2.45) is 0 Å². The van der Waals surface area contributed by atoms with Gasteiger partial charge in [-0.25, -0.2) is 0 Å². The zero-order valence-electron chi connectivity index (χ0n) is 11.9. The molecular weight excluding hydrogens is 254 g/mol. The van der Waals surface area contributed by atoms with Crippen LogP contribution >= 0.6 is 11.8 Å². The maximum atomic E-state index is 4.78. The molecule has 0 aliphatic rings. The lowest BCUT2D eigenvalue weighted by atomic mass is 10.2. The molecule has 0 saturated heterocycles. The molecule has 0 unspecified atom stereocenters. The van der Waals surface area contributed by atoms with Crippen molar-refractivity contribution in [2.45, 2.75) is 32.9 Å². The summed E-state index contributed by atoms with van der Waals surface area (Å²) in [6.45, 7) is 5.11. The van der Waals surface area contributed by atoms with Crippen LogP contribution in [0.2, 0.25) is 0 Å². The van der Waals surface area contributed by atoms with Gasteiger partial charge in [-0.05, 0) is 37.5 Å². The van der Waals surface area contributed by atoms with Gasteiger partial charge in [-0.15, -0.1) is 0 Å². The van der Waals surface area contributed by atoms with E-state index in [1.807, 2.05) is 11.8 Å². The van der Waals surface area contributed by atoms with E-state index < -0.39 is 0 Å². The quantitative estimate of drug-likeness (QED) is 0.751. The van der Waals surface area contributed by atoms with Gasteiger partial charge in [0.25, 0.3) is 0 Å². The molecule has 19 heavy (non-hydrogen) atoms. The third kappa shape index (κ3) is 3.74. The fraction of sp³-hybridized carbons (Fsp3) is 0.533. The van der Waals surface area contributed by atoms with Crippen LogP contribution in [-0.4, -0.2) is 28.3 Å². The van der Waals surface area contributed by atoms with Gasteiger partial charge in [0.15, 0.2) is 0 Å². The van der Waals surface area contributed by atoms with E-state index in [0.717, 1.165) is 26.1 Å². The zero-order valence-corrected chi connectivity index (χ0v) is 12.7. The molecule has 0 amide bonds. The average molecular weight is 277 g/mol. The summed E-state index contributed by atoms with van der Waals surface area (Å²) in [6, 6.07) is 8.54. The van der Waals surface area contributed by atoms with Gasteiger partial charge in [-0.2, -0.15) is 16.9 Å². The molecule has 0 aliphatic heterocycles. The van der Waals surface area contributed by atoms with Crippen LogP contribution in [0.5, 0.6) is 0 Å². The largest absolute Gasteiger partial charge is 0.311 e. The summed E-state index contributed by atoms with van der Waals surface area (Å²) in [5, 5.41) is 9.51. The first-order valence-corrected chi connectivity index (χ1v) is 8.40. The Morgan fingerprint density at radius 3 is 2.95 bits per heavy atom. The van der Waals surface area contributed by atoms with Crippen molar-refractivity contribution in [3.8, 4) is 0 Å². The number of hydrogen-bond donors (Lipinski definition) is 1. The van der Waals surface area contributed by atoms with Crippen molar-refractivity contribution in [1.29, 1.82) is 0 Å². The number of aryl methyl sites for hydroxylation is 1. The first kappa shape index (κ1) is 14.4. The van der Waals surface area contributed by atoms with Gasteiger partial charge in [-0.3, -0.25) is 4.68 Å². The predicted molar refractivity (Wildman–Crippen MR) is 84.7 cm³/mol. The monoisotopic (exact) mass is 277 g/mol. The zero-order chi connectivity index (χ0) is 13.5. The lowest BCUT2D eigenvalue weighted by Gasteiger charge is -2.02. The molecule has 0 bridgehead atoms. The van der Waals surface area contributed by atoms with Crippen LogP contribution in [0.3, 0.4) is 0 Å².